The molecule has 0 aromatic heterocycles. The Morgan fingerprint density at radius 3 is 2.29 bits per heavy atom. The van der Waals surface area contributed by atoms with E-state index >= 15 is 0 Å². The van der Waals surface area contributed by atoms with Crippen molar-refractivity contribution in [2.75, 3.05) is 27.9 Å². The monoisotopic (exact) mass is 384 g/mol. The van der Waals surface area contributed by atoms with Gasteiger partial charge in [0.25, 0.3) is 5.91 Å². The van der Waals surface area contributed by atoms with Gasteiger partial charge in [0.05, 0.1) is 38.5 Å². The fourth-order valence-corrected chi connectivity index (χ4v) is 2.42. The molecule has 0 aliphatic carbocycles. The smallest absolute Gasteiger partial charge is 0.338 e. The second-order valence-electron chi connectivity index (χ2n) is 5.58. The second kappa shape index (κ2) is 9.83. The van der Waals surface area contributed by atoms with E-state index in [4.69, 9.17) is 24.2 Å². The molecule has 146 valence electrons. The third-order valence-corrected chi connectivity index (χ3v) is 3.78. The van der Waals surface area contributed by atoms with Gasteiger partial charge in [0.15, 0.2) is 18.1 Å². The highest BCUT2D eigenvalue weighted by molar-refractivity contribution is 5.91. The summed E-state index contributed by atoms with van der Waals surface area (Å²) in [4.78, 5) is 23.9. The number of hydrogen-bond donors (Lipinski definition) is 1. The molecule has 0 unspecified atom stereocenters. The highest BCUT2D eigenvalue weighted by Gasteiger charge is 2.14. The number of esters is 1. The molecule has 8 heteroatoms. The van der Waals surface area contributed by atoms with Crippen LogP contribution in [0.5, 0.6) is 17.2 Å². The molecular weight excluding hydrogens is 364 g/mol. The van der Waals surface area contributed by atoms with Gasteiger partial charge in [0.2, 0.25) is 5.75 Å². The van der Waals surface area contributed by atoms with E-state index in [1.807, 2.05) is 6.07 Å². The highest BCUT2D eigenvalue weighted by Crippen LogP contribution is 2.38. The maximum atomic E-state index is 12.0. The number of ether oxygens (including phenoxy) is 4. The Morgan fingerprint density at radius 2 is 1.71 bits per heavy atom. The van der Waals surface area contributed by atoms with Crippen molar-refractivity contribution in [1.82, 2.24) is 5.32 Å². The van der Waals surface area contributed by atoms with Crippen LogP contribution in [0.3, 0.4) is 0 Å². The lowest BCUT2D eigenvalue weighted by molar-refractivity contribution is -0.124. The first-order valence-corrected chi connectivity index (χ1v) is 8.25. The number of hydrogen-bond acceptors (Lipinski definition) is 7. The Kier molecular flexibility index (Phi) is 7.22. The van der Waals surface area contributed by atoms with Crippen LogP contribution in [-0.2, 0) is 16.1 Å². The van der Waals surface area contributed by atoms with Crippen molar-refractivity contribution in [3.05, 3.63) is 53.1 Å². The van der Waals surface area contributed by atoms with E-state index in [0.717, 1.165) is 5.56 Å². The predicted octanol–water partition coefficient (Wildman–Crippen LogP) is 2.06. The molecule has 0 saturated heterocycles. The van der Waals surface area contributed by atoms with Crippen LogP contribution in [-0.4, -0.2) is 39.8 Å². The maximum absolute atomic E-state index is 12.0. The van der Waals surface area contributed by atoms with Crippen LogP contribution in [0.25, 0.3) is 0 Å². The Balaban J connectivity index is 1.93. The number of methoxy groups -OCH3 is 3. The van der Waals surface area contributed by atoms with Crippen LogP contribution in [0.4, 0.5) is 0 Å². The molecule has 8 nitrogen and oxygen atoms in total. The zero-order valence-corrected chi connectivity index (χ0v) is 15.8. The molecule has 0 radical (unpaired) electrons. The van der Waals surface area contributed by atoms with Crippen LogP contribution in [0.15, 0.2) is 36.4 Å². The van der Waals surface area contributed by atoms with Gasteiger partial charge in [-0.05, 0) is 35.9 Å². The van der Waals surface area contributed by atoms with Gasteiger partial charge in [-0.25, -0.2) is 4.79 Å². The lowest BCUT2D eigenvalue weighted by Crippen LogP contribution is -2.28. The van der Waals surface area contributed by atoms with Crippen LogP contribution in [0.1, 0.15) is 21.5 Å². The van der Waals surface area contributed by atoms with Crippen molar-refractivity contribution < 1.29 is 28.5 Å². The zero-order valence-electron chi connectivity index (χ0n) is 15.8. The van der Waals surface area contributed by atoms with Crippen LogP contribution >= 0.6 is 0 Å². The first-order chi connectivity index (χ1) is 13.5. The average molecular weight is 384 g/mol. The normalized spacial score (nSPS) is 9.79. The molecule has 0 aliphatic rings. The average Bonchev–Trinajstić information content (AvgIpc) is 2.74. The Bertz CT molecular complexity index is 879. The molecule has 1 amide bonds. The number of rotatable bonds is 8. The molecule has 1 N–H and O–H groups in total. The van der Waals surface area contributed by atoms with E-state index in [0.29, 0.717) is 22.8 Å². The van der Waals surface area contributed by atoms with Gasteiger partial charge < -0.3 is 24.3 Å². The minimum Gasteiger partial charge on any atom is -0.493 e. The van der Waals surface area contributed by atoms with Crippen LogP contribution in [0, 0.1) is 11.3 Å². The summed E-state index contributed by atoms with van der Waals surface area (Å²) >= 11 is 0. The summed E-state index contributed by atoms with van der Waals surface area (Å²) in [5.74, 6) is 0.233. The number of carbonyl (C=O) groups is 2. The molecule has 0 heterocycles. The first kappa shape index (κ1) is 20.6. The number of nitrogens with one attached hydrogen (secondary N) is 1. The number of nitrogens with zero attached hydrogens (tertiary/aromatic N) is 1. The molecule has 2 aromatic carbocycles. The largest absolute Gasteiger partial charge is 0.493 e. The summed E-state index contributed by atoms with van der Waals surface area (Å²) in [5.41, 5.74) is 1.26. The van der Waals surface area contributed by atoms with Gasteiger partial charge in [0, 0.05) is 6.54 Å². The van der Waals surface area contributed by atoms with Crippen molar-refractivity contribution in [3.63, 3.8) is 0 Å². The third kappa shape index (κ3) is 5.14. The minimum atomic E-state index is -0.681. The van der Waals surface area contributed by atoms with Gasteiger partial charge in [-0.1, -0.05) is 6.07 Å². The third-order valence-electron chi connectivity index (χ3n) is 3.78. The van der Waals surface area contributed by atoms with Crippen molar-refractivity contribution in [2.45, 2.75) is 6.54 Å². The van der Waals surface area contributed by atoms with Gasteiger partial charge in [-0.3, -0.25) is 4.79 Å². The van der Waals surface area contributed by atoms with Crippen LogP contribution < -0.4 is 19.5 Å². The summed E-state index contributed by atoms with van der Waals surface area (Å²) < 4.78 is 20.7. The fraction of sp³-hybridized carbons (Fsp3) is 0.250. The number of carbonyl (C=O) groups excluding carboxylic acids is 2. The molecule has 0 spiro atoms. The molecule has 0 fully saturated rings. The van der Waals surface area contributed by atoms with Crippen molar-refractivity contribution in [3.8, 4) is 23.3 Å². The Hall–Kier alpha value is -3.73. The van der Waals surface area contributed by atoms with E-state index < -0.39 is 18.5 Å². The predicted molar refractivity (Wildman–Crippen MR) is 99.4 cm³/mol. The van der Waals surface area contributed by atoms with E-state index in [9.17, 15) is 9.59 Å². The highest BCUT2D eigenvalue weighted by atomic mass is 16.5. The fourth-order valence-electron chi connectivity index (χ4n) is 2.42. The number of nitriles is 1. The van der Waals surface area contributed by atoms with Crippen LogP contribution in [0.2, 0.25) is 0 Å². The van der Waals surface area contributed by atoms with Gasteiger partial charge in [-0.15, -0.1) is 0 Å². The molecule has 2 rings (SSSR count). The van der Waals surface area contributed by atoms with Crippen molar-refractivity contribution in [2.24, 2.45) is 0 Å². The summed E-state index contributed by atoms with van der Waals surface area (Å²) in [6.07, 6.45) is 0. The lowest BCUT2D eigenvalue weighted by atomic mass is 10.1. The number of benzene rings is 2. The molecule has 0 saturated carbocycles. The molecule has 0 atom stereocenters. The summed E-state index contributed by atoms with van der Waals surface area (Å²) in [6, 6.07) is 11.4. The lowest BCUT2D eigenvalue weighted by Gasteiger charge is -2.14. The van der Waals surface area contributed by atoms with E-state index in [-0.39, 0.29) is 12.1 Å². The van der Waals surface area contributed by atoms with E-state index in [2.05, 4.69) is 5.32 Å². The second-order valence-corrected chi connectivity index (χ2v) is 5.58. The minimum absolute atomic E-state index is 0.178. The maximum Gasteiger partial charge on any atom is 0.338 e. The van der Waals surface area contributed by atoms with Gasteiger partial charge in [-0.2, -0.15) is 5.26 Å². The summed E-state index contributed by atoms with van der Waals surface area (Å²) in [5, 5.41) is 11.5. The van der Waals surface area contributed by atoms with E-state index in [1.54, 1.807) is 24.3 Å². The Morgan fingerprint density at radius 1 is 1.04 bits per heavy atom. The molecule has 2 aromatic rings. The topological polar surface area (TPSA) is 107 Å². The molecular formula is C20H20N2O6. The standard InChI is InChI=1S/C20H20N2O6/c1-25-16-8-14(9-17(26-2)19(16)27-3)11-22-18(23)12-28-20(24)15-6-4-5-13(7-15)10-21/h4-9H,11-12H2,1-3H3,(H,22,23). The Labute approximate surface area is 162 Å². The molecule has 0 aliphatic heterocycles. The van der Waals surface area contributed by atoms with Crippen molar-refractivity contribution >= 4 is 11.9 Å². The van der Waals surface area contributed by atoms with E-state index in [1.165, 1.54) is 33.5 Å². The SMILES string of the molecule is COc1cc(CNC(=O)COC(=O)c2cccc(C#N)c2)cc(OC)c1OC. The summed E-state index contributed by atoms with van der Waals surface area (Å²) in [7, 11) is 4.50. The number of amides is 1. The van der Waals surface area contributed by atoms with Gasteiger partial charge >= 0.3 is 5.97 Å². The first-order valence-electron chi connectivity index (χ1n) is 8.25. The quantitative estimate of drug-likeness (QED) is 0.694. The zero-order chi connectivity index (χ0) is 20.5. The van der Waals surface area contributed by atoms with Gasteiger partial charge in [0.1, 0.15) is 0 Å². The molecule has 28 heavy (non-hydrogen) atoms. The summed E-state index contributed by atoms with van der Waals surface area (Å²) in [6.45, 7) is -0.267. The molecule has 0 bridgehead atoms. The van der Waals surface area contributed by atoms with Crippen molar-refractivity contribution in [1.29, 1.82) is 5.26 Å².